The summed E-state index contributed by atoms with van der Waals surface area (Å²) in [6.45, 7) is 1.56. The summed E-state index contributed by atoms with van der Waals surface area (Å²) in [4.78, 5) is 3.13. The zero-order valence-corrected chi connectivity index (χ0v) is 9.28. The Labute approximate surface area is 88.2 Å². The van der Waals surface area contributed by atoms with Crippen LogP contribution in [0.4, 0.5) is 5.69 Å². The number of rotatable bonds is 3. The lowest BCUT2D eigenvalue weighted by atomic mass is 10.3. The predicted molar refractivity (Wildman–Crippen MR) is 55.5 cm³/mol. The van der Waals surface area contributed by atoms with Crippen molar-refractivity contribution in [3.05, 3.63) is 23.2 Å². The summed E-state index contributed by atoms with van der Waals surface area (Å²) < 4.78 is 27.9. The van der Waals surface area contributed by atoms with E-state index in [2.05, 4.69) is 4.98 Å². The molecular formula is C9H11N2O3S+. The summed E-state index contributed by atoms with van der Waals surface area (Å²) in [5.74, 6) is 0.248. The van der Waals surface area contributed by atoms with Gasteiger partial charge in [0, 0.05) is 12.1 Å². The number of diazo groups is 1. The lowest BCUT2D eigenvalue weighted by Gasteiger charge is -2.01. The first-order valence-corrected chi connectivity index (χ1v) is 5.96. The Balaban J connectivity index is 3.34. The maximum absolute atomic E-state index is 11.5. The van der Waals surface area contributed by atoms with E-state index >= 15 is 0 Å². The molecule has 0 bridgehead atoms. The van der Waals surface area contributed by atoms with Gasteiger partial charge in [-0.2, -0.15) is 0 Å². The molecule has 6 heteroatoms. The summed E-state index contributed by atoms with van der Waals surface area (Å²) in [6.07, 6.45) is 0. The molecule has 5 nitrogen and oxygen atoms in total. The third-order valence-electron chi connectivity index (χ3n) is 2.00. The van der Waals surface area contributed by atoms with E-state index in [9.17, 15) is 8.42 Å². The van der Waals surface area contributed by atoms with Gasteiger partial charge in [-0.05, 0) is 6.07 Å². The molecule has 1 aromatic carbocycles. The number of benzene rings is 1. The van der Waals surface area contributed by atoms with Crippen LogP contribution >= 0.6 is 0 Å². The van der Waals surface area contributed by atoms with Gasteiger partial charge in [0.05, 0.1) is 17.8 Å². The van der Waals surface area contributed by atoms with Gasteiger partial charge in [-0.3, -0.25) is 0 Å². The minimum absolute atomic E-state index is 0.0196. The molecule has 0 amide bonds. The Morgan fingerprint density at radius 1 is 1.47 bits per heavy atom. The molecule has 1 aromatic rings. The third-order valence-corrected chi connectivity index (χ3v) is 3.73. The highest BCUT2D eigenvalue weighted by molar-refractivity contribution is 7.91. The molecule has 15 heavy (non-hydrogen) atoms. The van der Waals surface area contributed by atoms with Crippen molar-refractivity contribution in [1.29, 1.82) is 5.39 Å². The van der Waals surface area contributed by atoms with Crippen molar-refractivity contribution < 1.29 is 13.2 Å². The van der Waals surface area contributed by atoms with Crippen molar-refractivity contribution in [2.75, 3.05) is 12.9 Å². The zero-order chi connectivity index (χ0) is 11.5. The normalized spacial score (nSPS) is 10.7. The Bertz CT molecular complexity index is 503. The highest BCUT2D eigenvalue weighted by atomic mass is 32.2. The molecule has 0 aliphatic carbocycles. The molecule has 0 aromatic heterocycles. The second-order valence-corrected chi connectivity index (χ2v) is 5.12. The van der Waals surface area contributed by atoms with Crippen molar-refractivity contribution in [2.24, 2.45) is 0 Å². The average molecular weight is 227 g/mol. The van der Waals surface area contributed by atoms with E-state index in [4.69, 9.17) is 10.1 Å². The van der Waals surface area contributed by atoms with Gasteiger partial charge in [0.15, 0.2) is 14.8 Å². The van der Waals surface area contributed by atoms with Crippen LogP contribution in [0.1, 0.15) is 6.92 Å². The van der Waals surface area contributed by atoms with Crippen LogP contribution in [0.15, 0.2) is 23.1 Å². The van der Waals surface area contributed by atoms with Gasteiger partial charge >= 0.3 is 5.69 Å². The smallest absolute Gasteiger partial charge is 0.426 e. The molecule has 0 spiro atoms. The molecule has 0 radical (unpaired) electrons. The molecule has 80 valence electrons. The molecule has 0 saturated heterocycles. The number of methoxy groups -OCH3 is 1. The first-order chi connectivity index (χ1) is 7.05. The van der Waals surface area contributed by atoms with E-state index in [1.54, 1.807) is 6.92 Å². The first kappa shape index (κ1) is 11.5. The topological polar surface area (TPSA) is 71.5 Å². The quantitative estimate of drug-likeness (QED) is 0.740. The van der Waals surface area contributed by atoms with Gasteiger partial charge in [-0.15, -0.1) is 0 Å². The standard InChI is InChI=1S/C9H11N2O3S/c1-3-15(12,13)7-4-5-8(11-10)9(6-7)14-2/h4-6H,3H2,1-2H3/q+1. The molecule has 0 unspecified atom stereocenters. The van der Waals surface area contributed by atoms with Crippen LogP contribution in [0, 0.1) is 5.39 Å². The first-order valence-electron chi connectivity index (χ1n) is 4.31. The monoisotopic (exact) mass is 227 g/mol. The van der Waals surface area contributed by atoms with Crippen molar-refractivity contribution >= 4 is 15.5 Å². The minimum atomic E-state index is -3.26. The number of ether oxygens (including phenoxy) is 1. The number of hydrogen-bond acceptors (Lipinski definition) is 4. The molecular weight excluding hydrogens is 216 g/mol. The van der Waals surface area contributed by atoms with Crippen LogP contribution in [0.25, 0.3) is 4.98 Å². The second-order valence-electron chi connectivity index (χ2n) is 2.84. The fourth-order valence-corrected chi connectivity index (χ4v) is 2.00. The van der Waals surface area contributed by atoms with Gasteiger partial charge < -0.3 is 4.74 Å². The van der Waals surface area contributed by atoms with Crippen LogP contribution in [-0.2, 0) is 9.84 Å². The molecule has 0 fully saturated rings. The summed E-state index contributed by atoms with van der Waals surface area (Å²) in [5.41, 5.74) is 0.201. The van der Waals surface area contributed by atoms with Crippen LogP contribution in [0.3, 0.4) is 0 Å². The molecule has 0 heterocycles. The van der Waals surface area contributed by atoms with Gasteiger partial charge in [-0.25, -0.2) is 8.42 Å². The molecule has 0 aliphatic heterocycles. The van der Waals surface area contributed by atoms with Crippen LogP contribution in [0.5, 0.6) is 5.75 Å². The maximum atomic E-state index is 11.5. The van der Waals surface area contributed by atoms with Crippen molar-refractivity contribution in [3.63, 3.8) is 0 Å². The summed E-state index contributed by atoms with van der Waals surface area (Å²) in [6, 6.07) is 4.12. The van der Waals surface area contributed by atoms with Crippen molar-refractivity contribution in [2.45, 2.75) is 11.8 Å². The lowest BCUT2D eigenvalue weighted by molar-refractivity contribution is 0.416. The van der Waals surface area contributed by atoms with E-state index in [1.807, 2.05) is 0 Å². The number of hydrogen-bond donors (Lipinski definition) is 0. The van der Waals surface area contributed by atoms with Gasteiger partial charge in [0.1, 0.15) is 0 Å². The number of nitrogens with zero attached hydrogens (tertiary/aromatic N) is 2. The van der Waals surface area contributed by atoms with Crippen LogP contribution < -0.4 is 4.74 Å². The maximum Gasteiger partial charge on any atom is 0.426 e. The molecule has 0 saturated carbocycles. The molecule has 0 aliphatic rings. The highest BCUT2D eigenvalue weighted by Crippen LogP contribution is 2.30. The Kier molecular flexibility index (Phi) is 3.27. The molecule has 1 rings (SSSR count). The van der Waals surface area contributed by atoms with E-state index in [0.717, 1.165) is 0 Å². The van der Waals surface area contributed by atoms with Gasteiger partial charge in [0.2, 0.25) is 11.1 Å². The van der Waals surface area contributed by atoms with E-state index in [-0.39, 0.29) is 22.1 Å². The predicted octanol–water partition coefficient (Wildman–Crippen LogP) is 1.97. The van der Waals surface area contributed by atoms with Gasteiger partial charge in [0.25, 0.3) is 0 Å². The summed E-state index contributed by atoms with van der Waals surface area (Å²) in [5, 5.41) is 8.60. The largest absolute Gasteiger partial charge is 0.489 e. The molecule has 0 atom stereocenters. The average Bonchev–Trinajstić information content (AvgIpc) is 2.28. The van der Waals surface area contributed by atoms with Crippen LogP contribution in [-0.4, -0.2) is 21.3 Å². The Morgan fingerprint density at radius 2 is 2.13 bits per heavy atom. The van der Waals surface area contributed by atoms with Crippen molar-refractivity contribution in [3.8, 4) is 5.75 Å². The van der Waals surface area contributed by atoms with Crippen molar-refractivity contribution in [1.82, 2.24) is 0 Å². The van der Waals surface area contributed by atoms with E-state index < -0.39 is 9.84 Å². The fourth-order valence-electron chi connectivity index (χ4n) is 1.10. The van der Waals surface area contributed by atoms with Gasteiger partial charge in [-0.1, -0.05) is 6.92 Å². The fraction of sp³-hybridized carbons (Fsp3) is 0.333. The summed E-state index contributed by atoms with van der Waals surface area (Å²) in [7, 11) is -1.88. The minimum Gasteiger partial charge on any atom is -0.489 e. The highest BCUT2D eigenvalue weighted by Gasteiger charge is 2.19. The summed E-state index contributed by atoms with van der Waals surface area (Å²) >= 11 is 0. The lowest BCUT2D eigenvalue weighted by Crippen LogP contribution is -2.03. The SMILES string of the molecule is CCS(=O)(=O)c1ccc([N+]#N)c(OC)c1. The number of sulfone groups is 1. The molecule has 0 N–H and O–H groups in total. The van der Waals surface area contributed by atoms with E-state index in [0.29, 0.717) is 0 Å². The second kappa shape index (κ2) is 4.28. The Hall–Kier alpha value is -1.61. The van der Waals surface area contributed by atoms with E-state index in [1.165, 1.54) is 25.3 Å². The third kappa shape index (κ3) is 2.25. The van der Waals surface area contributed by atoms with Crippen LogP contribution in [0.2, 0.25) is 0 Å². The zero-order valence-electron chi connectivity index (χ0n) is 8.47. The Morgan fingerprint density at radius 3 is 2.60 bits per heavy atom.